The number of anilines is 1. The molecule has 3 saturated heterocycles. The second-order valence-corrected chi connectivity index (χ2v) is 13.9. The number of benzene rings is 2. The zero-order valence-electron chi connectivity index (χ0n) is 26.5. The Balaban J connectivity index is 1.08. The van der Waals surface area contributed by atoms with E-state index in [2.05, 4.69) is 22.3 Å². The number of amides is 2. The van der Waals surface area contributed by atoms with Crippen molar-refractivity contribution in [1.82, 2.24) is 19.6 Å². The summed E-state index contributed by atoms with van der Waals surface area (Å²) >= 11 is 12.4. The van der Waals surface area contributed by atoms with Gasteiger partial charge in [0.15, 0.2) is 11.8 Å². The number of rotatable bonds is 6. The van der Waals surface area contributed by atoms with Crippen LogP contribution in [0.4, 0.5) is 10.5 Å². The van der Waals surface area contributed by atoms with E-state index >= 15 is 0 Å². The Morgan fingerprint density at radius 2 is 1.63 bits per heavy atom. The summed E-state index contributed by atoms with van der Waals surface area (Å²) in [6.07, 6.45) is 3.81. The van der Waals surface area contributed by atoms with E-state index in [9.17, 15) is 14.8 Å². The van der Waals surface area contributed by atoms with Crippen LogP contribution in [0.5, 0.6) is 0 Å². The predicted octanol–water partition coefficient (Wildman–Crippen LogP) is 4.92. The molecule has 4 heterocycles. The summed E-state index contributed by atoms with van der Waals surface area (Å²) < 4.78 is 6.01. The van der Waals surface area contributed by atoms with E-state index in [1.54, 1.807) is 17.0 Å². The number of fused-ring (bicyclic) bond motifs is 1. The summed E-state index contributed by atoms with van der Waals surface area (Å²) in [7, 11) is 2.16. The zero-order chi connectivity index (χ0) is 32.2. The molecule has 0 bridgehead atoms. The number of nitrogens with zero attached hydrogens (tertiary/aromatic N) is 5. The maximum absolute atomic E-state index is 13.9. The van der Waals surface area contributed by atoms with Crippen LogP contribution < -0.4 is 5.43 Å². The number of carbonyl (C=O) groups excluding carboxylic acids is 2. The lowest BCUT2D eigenvalue weighted by atomic mass is 9.89. The van der Waals surface area contributed by atoms with Gasteiger partial charge in [-0.2, -0.15) is 5.43 Å². The molecule has 1 unspecified atom stereocenters. The molecule has 248 valence electrons. The van der Waals surface area contributed by atoms with Crippen LogP contribution in [-0.4, -0.2) is 114 Å². The number of nitrogens with one attached hydrogen (secondary N) is 1. The molecule has 4 aliphatic rings. The van der Waals surface area contributed by atoms with Gasteiger partial charge in [-0.3, -0.25) is 9.69 Å². The minimum Gasteiger partial charge on any atom is -0.596 e. The highest BCUT2D eigenvalue weighted by molar-refractivity contribution is 6.42. The fraction of sp³-hybridized carbons (Fsp3) is 0.559. The summed E-state index contributed by atoms with van der Waals surface area (Å²) in [5, 5.41) is 13.8. The van der Waals surface area contributed by atoms with Crippen molar-refractivity contribution in [2.24, 2.45) is 5.92 Å². The van der Waals surface area contributed by atoms with Gasteiger partial charge in [-0.1, -0.05) is 52.3 Å². The highest BCUT2D eigenvalue weighted by Crippen LogP contribution is 2.28. The molecule has 3 fully saturated rings. The van der Waals surface area contributed by atoms with Crippen molar-refractivity contribution in [2.75, 3.05) is 64.8 Å². The Labute approximate surface area is 281 Å². The first-order valence-electron chi connectivity index (χ1n) is 16.5. The van der Waals surface area contributed by atoms with Crippen LogP contribution in [0, 0.1) is 11.1 Å². The van der Waals surface area contributed by atoms with Gasteiger partial charge >= 0.3 is 6.09 Å². The number of aryl methyl sites for hydroxylation is 1. The van der Waals surface area contributed by atoms with E-state index in [1.807, 2.05) is 35.2 Å². The quantitative estimate of drug-likeness (QED) is 0.345. The molecule has 0 spiro atoms. The number of hydrogen-bond acceptors (Lipinski definition) is 7. The fourth-order valence-electron chi connectivity index (χ4n) is 7.29. The maximum Gasteiger partial charge on any atom is 0.410 e. The van der Waals surface area contributed by atoms with Crippen molar-refractivity contribution < 1.29 is 19.2 Å². The first-order valence-corrected chi connectivity index (χ1v) is 17.3. The van der Waals surface area contributed by atoms with Gasteiger partial charge in [0.25, 0.3) is 5.91 Å². The lowest BCUT2D eigenvalue weighted by Crippen LogP contribution is -2.56. The third-order valence-electron chi connectivity index (χ3n) is 10.1. The number of hydrogen-bond donors (Lipinski definition) is 1. The fourth-order valence-corrected chi connectivity index (χ4v) is 7.61. The molecular weight excluding hydrogens is 627 g/mol. The van der Waals surface area contributed by atoms with E-state index in [0.717, 1.165) is 72.8 Å². The van der Waals surface area contributed by atoms with E-state index < -0.39 is 12.2 Å². The van der Waals surface area contributed by atoms with Crippen molar-refractivity contribution in [3.8, 4) is 0 Å². The van der Waals surface area contributed by atoms with Crippen molar-refractivity contribution in [1.29, 1.82) is 0 Å². The third-order valence-corrected chi connectivity index (χ3v) is 10.9. The largest absolute Gasteiger partial charge is 0.596 e. The highest BCUT2D eigenvalue weighted by Gasteiger charge is 2.36. The lowest BCUT2D eigenvalue weighted by molar-refractivity contribution is -0.426. The van der Waals surface area contributed by atoms with E-state index in [4.69, 9.17) is 27.9 Å². The van der Waals surface area contributed by atoms with Crippen LogP contribution in [0.3, 0.4) is 0 Å². The molecule has 46 heavy (non-hydrogen) atoms. The Morgan fingerprint density at radius 1 is 0.913 bits per heavy atom. The third kappa shape index (κ3) is 7.73. The van der Waals surface area contributed by atoms with Gasteiger partial charge in [0.1, 0.15) is 5.69 Å². The number of hydrazine groups is 1. The smallest absolute Gasteiger partial charge is 0.410 e. The van der Waals surface area contributed by atoms with Gasteiger partial charge in [0.2, 0.25) is 0 Å². The van der Waals surface area contributed by atoms with Crippen molar-refractivity contribution in [3.63, 3.8) is 0 Å². The van der Waals surface area contributed by atoms with E-state index in [0.29, 0.717) is 61.5 Å². The first kappa shape index (κ1) is 32.9. The number of ether oxygens (including phenoxy) is 1. The number of hydrazone groups is 1. The molecule has 1 atom stereocenters. The van der Waals surface area contributed by atoms with Crippen molar-refractivity contribution in [3.05, 3.63) is 68.8 Å². The molecule has 2 amide bonds. The number of likely N-dealkylation sites (tertiary alicyclic amines) is 2. The van der Waals surface area contributed by atoms with Gasteiger partial charge in [0.05, 0.1) is 10.0 Å². The predicted molar refractivity (Wildman–Crippen MR) is 180 cm³/mol. The average molecular weight is 672 g/mol. The Morgan fingerprint density at radius 3 is 2.35 bits per heavy atom. The molecule has 12 heteroatoms. The summed E-state index contributed by atoms with van der Waals surface area (Å²) in [5.41, 5.74) is 6.56. The Bertz CT molecular complexity index is 1430. The van der Waals surface area contributed by atoms with Gasteiger partial charge in [-0.05, 0) is 81.6 Å². The average Bonchev–Trinajstić information content (AvgIpc) is 3.24. The maximum atomic E-state index is 13.9. The van der Waals surface area contributed by atoms with Crippen molar-refractivity contribution in [2.45, 2.75) is 57.1 Å². The topological polar surface area (TPSA) is 94.4 Å². The molecule has 6 rings (SSSR count). The van der Waals surface area contributed by atoms with E-state index in [1.165, 1.54) is 0 Å². The second-order valence-electron chi connectivity index (χ2n) is 13.0. The summed E-state index contributed by atoms with van der Waals surface area (Å²) in [6, 6.07) is 13.7. The van der Waals surface area contributed by atoms with Gasteiger partial charge in [0, 0.05) is 64.1 Å². The normalized spacial score (nSPS) is 21.4. The minimum absolute atomic E-state index is 0.0675. The van der Waals surface area contributed by atoms with Crippen LogP contribution in [0.1, 0.15) is 43.2 Å². The molecule has 1 N–H and O–H groups in total. The highest BCUT2D eigenvalue weighted by atomic mass is 35.5. The minimum atomic E-state index is -0.978. The van der Waals surface area contributed by atoms with Crippen LogP contribution in [0.15, 0.2) is 42.5 Å². The molecule has 2 aromatic rings. The first-order chi connectivity index (χ1) is 22.2. The van der Waals surface area contributed by atoms with Crippen LogP contribution in [0.25, 0.3) is 0 Å². The number of para-hydroxylation sites is 1. The van der Waals surface area contributed by atoms with Gasteiger partial charge in [-0.25, -0.2) is 4.79 Å². The lowest BCUT2D eigenvalue weighted by Gasteiger charge is -2.42. The van der Waals surface area contributed by atoms with Gasteiger partial charge in [-0.15, -0.1) is 0 Å². The van der Waals surface area contributed by atoms with Crippen molar-refractivity contribution >= 4 is 46.6 Å². The SMILES string of the molecule is CN1CCC(N2CCN(C(=O)C(Cc3ccc(Cl)c(Cl)c3)OC(=O)N3CCC(C4=[N+]([O-])Nc5ccccc5CC4)CC3)CC2)CC1. The molecule has 0 radical (unpaired) electrons. The molecule has 2 aromatic carbocycles. The second kappa shape index (κ2) is 14.8. The monoisotopic (exact) mass is 670 g/mol. The molecular formula is C34H44Cl2N6O4. The molecule has 4 aliphatic heterocycles. The Kier molecular flexibility index (Phi) is 10.6. The van der Waals surface area contributed by atoms with E-state index in [-0.39, 0.29) is 18.2 Å². The number of halogens is 2. The van der Waals surface area contributed by atoms with Crippen LogP contribution in [0.2, 0.25) is 10.0 Å². The van der Waals surface area contributed by atoms with Crippen LogP contribution >= 0.6 is 23.2 Å². The number of piperazine rings is 1. The zero-order valence-corrected chi connectivity index (χ0v) is 28.0. The summed E-state index contributed by atoms with van der Waals surface area (Å²) in [4.78, 5) is 36.7. The number of carbonyl (C=O) groups is 2. The van der Waals surface area contributed by atoms with Crippen LogP contribution in [-0.2, 0) is 22.4 Å². The summed E-state index contributed by atoms with van der Waals surface area (Å²) in [6.45, 7) is 5.95. The molecule has 0 aromatic heterocycles. The number of piperidine rings is 2. The summed E-state index contributed by atoms with van der Waals surface area (Å²) in [5.74, 6) is -0.114. The molecule has 0 saturated carbocycles. The molecule has 0 aliphatic carbocycles. The Hall–Kier alpha value is -3.05. The van der Waals surface area contributed by atoms with Gasteiger partial charge < -0.3 is 24.6 Å². The standard InChI is InChI=1S/C34H44Cl2N6O4/c1-38-14-12-27(13-15-38)39-18-20-40(21-19-39)33(43)32(23-24-6-8-28(35)29(36)22-24)46-34(44)41-16-10-26(11-17-41)31-9-7-25-4-2-3-5-30(25)37-42(31)45/h2-6,8,22,26-27,32,37H,7,9-21,23H2,1H3. The molecule has 10 nitrogen and oxygen atoms in total.